The Morgan fingerprint density at radius 3 is 0.500 bits per heavy atom. The van der Waals surface area contributed by atoms with Crippen LogP contribution in [-0.4, -0.2) is 0 Å². The Morgan fingerprint density at radius 1 is 0.500 bits per heavy atom. The van der Waals surface area contributed by atoms with Gasteiger partial charge in [0.15, 0.2) is 0 Å². The van der Waals surface area contributed by atoms with Gasteiger partial charge >= 0.3 is 135 Å². The van der Waals surface area contributed by atoms with Crippen molar-refractivity contribution in [2.45, 2.75) is 0 Å². The molecule has 49 valence electrons. The SMILES string of the molecule is [La+3].[Nd+3].[O-2].[O-2].[O-2].[O-2].[O-2].[O-2].[Sc+3].[Y+3]. The van der Waals surface area contributed by atoms with Crippen LogP contribution in [0.3, 0.4) is 0 Å². The topological polar surface area (TPSA) is 171 Å². The summed E-state index contributed by atoms with van der Waals surface area (Å²) < 4.78 is 0. The van der Waals surface area contributed by atoms with Gasteiger partial charge in [0.2, 0.25) is 0 Å². The quantitative estimate of drug-likeness (QED) is 0.399. The fourth-order valence-electron chi connectivity index (χ4n) is 0. The Balaban J connectivity index is 0. The van der Waals surface area contributed by atoms with Crippen LogP contribution in [0.1, 0.15) is 0 Å². The van der Waals surface area contributed by atoms with Crippen LogP contribution in [0, 0.1) is 76.4 Å². The van der Waals surface area contributed by atoms with Crippen LogP contribution >= 0.6 is 0 Å². The van der Waals surface area contributed by atoms with Crippen LogP contribution in [0.4, 0.5) is 0 Å². The summed E-state index contributed by atoms with van der Waals surface area (Å²) >= 11 is 0. The average Bonchev–Trinajstić information content (AvgIpc) is 0. The van der Waals surface area contributed by atoms with E-state index in [1.165, 1.54) is 0 Å². The van der Waals surface area contributed by atoms with Gasteiger partial charge in [0.05, 0.1) is 0 Å². The summed E-state index contributed by atoms with van der Waals surface area (Å²) in [6, 6.07) is 0. The molecule has 0 aromatic heterocycles. The third kappa shape index (κ3) is 85.3. The van der Waals surface area contributed by atoms with Crippen molar-refractivity contribution in [1.29, 1.82) is 0 Å². The number of hydrogen-bond acceptors (Lipinski definition) is 0. The fourth-order valence-corrected chi connectivity index (χ4v) is 0. The van der Waals surface area contributed by atoms with Gasteiger partial charge in [-0.3, -0.25) is 0 Å². The molecule has 10 heavy (non-hydrogen) atoms. The third-order valence-corrected chi connectivity index (χ3v) is 0. The van der Waals surface area contributed by atoms with E-state index in [0.717, 1.165) is 0 Å². The molecule has 0 saturated heterocycles. The van der Waals surface area contributed by atoms with Gasteiger partial charge in [0.1, 0.15) is 0 Å². The molecular formula is LaNdO6ScY. The van der Waals surface area contributed by atoms with Crippen LogP contribution in [0.2, 0.25) is 0 Å². The fraction of sp³-hybridized carbons (Fsp3) is 0. The molecule has 0 rings (SSSR count). The molecule has 0 N–H and O–H groups in total. The predicted molar refractivity (Wildman–Crippen MR) is 4.12 cm³/mol. The van der Waals surface area contributed by atoms with Gasteiger partial charge in [-0.05, 0) is 0 Å². The van der Waals surface area contributed by atoms with Gasteiger partial charge in [-0.1, -0.05) is 0 Å². The maximum atomic E-state index is 0. The van der Waals surface area contributed by atoms with E-state index >= 15 is 0 Å². The summed E-state index contributed by atoms with van der Waals surface area (Å²) in [5, 5.41) is 0. The van der Waals surface area contributed by atoms with Crippen molar-refractivity contribution in [3.05, 3.63) is 0 Å². The van der Waals surface area contributed by atoms with Crippen LogP contribution in [-0.2, 0) is 91.4 Å². The first-order chi connectivity index (χ1) is 0. The Morgan fingerprint density at radius 2 is 0.500 bits per heavy atom. The second kappa shape index (κ2) is 109. The summed E-state index contributed by atoms with van der Waals surface area (Å²) in [6.45, 7) is 0. The van der Waals surface area contributed by atoms with Crippen LogP contribution in [0.5, 0.6) is 0 Å². The molecule has 6 nitrogen and oxygen atoms in total. The Bertz CT molecular complexity index is 17.7. The standard InChI is InChI=1S/La.Nd.6O.Sc.Y/q2*+3;6*-2;2*+3. The van der Waals surface area contributed by atoms with Crippen molar-refractivity contribution in [3.8, 4) is 0 Å². The van der Waals surface area contributed by atoms with Gasteiger partial charge in [-0.15, -0.1) is 0 Å². The minimum absolute atomic E-state index is 0. The average molecular weight is 513 g/mol. The van der Waals surface area contributed by atoms with Crippen molar-refractivity contribution >= 4 is 0 Å². The minimum atomic E-state index is 0. The minimum Gasteiger partial charge on any atom is -2.00 e. The van der Waals surface area contributed by atoms with Gasteiger partial charge < -0.3 is 32.9 Å². The Hall–Kier alpha value is 4.28. The molecule has 0 bridgehead atoms. The number of hydrogen-bond donors (Lipinski definition) is 0. The Labute approximate surface area is 164 Å². The van der Waals surface area contributed by atoms with E-state index < -0.39 is 0 Å². The monoisotopic (exact) mass is 511 g/mol. The van der Waals surface area contributed by atoms with Gasteiger partial charge in [0.25, 0.3) is 0 Å². The molecule has 0 fully saturated rings. The van der Waals surface area contributed by atoms with Gasteiger partial charge in [0, 0.05) is 0 Å². The molecule has 0 heterocycles. The van der Waals surface area contributed by atoms with Gasteiger partial charge in [-0.25, -0.2) is 0 Å². The maximum Gasteiger partial charge on any atom is 3.00 e. The first kappa shape index (κ1) is 137. The van der Waals surface area contributed by atoms with E-state index in [1.807, 2.05) is 0 Å². The molecule has 0 aliphatic heterocycles. The van der Waals surface area contributed by atoms with Crippen molar-refractivity contribution in [2.24, 2.45) is 0 Å². The van der Waals surface area contributed by atoms with Crippen LogP contribution in [0.25, 0.3) is 0 Å². The van der Waals surface area contributed by atoms with Crippen molar-refractivity contribution in [1.82, 2.24) is 0 Å². The van der Waals surface area contributed by atoms with E-state index in [0.29, 0.717) is 0 Å². The molecule has 0 spiro atoms. The number of rotatable bonds is 0. The van der Waals surface area contributed by atoms with Crippen molar-refractivity contribution in [3.63, 3.8) is 0 Å². The molecule has 0 saturated carbocycles. The van der Waals surface area contributed by atoms with E-state index in [-0.39, 0.29) is 168 Å². The molecular weight excluding hydrogens is 513 g/mol. The maximum absolute atomic E-state index is 0. The molecule has 1 radical (unpaired) electrons. The molecule has 0 unspecified atom stereocenters. The molecule has 0 aliphatic carbocycles. The van der Waals surface area contributed by atoms with Gasteiger partial charge in [-0.2, -0.15) is 0 Å². The summed E-state index contributed by atoms with van der Waals surface area (Å²) in [5.74, 6) is 0. The van der Waals surface area contributed by atoms with Crippen LogP contribution in [0.15, 0.2) is 0 Å². The predicted octanol–water partition coefficient (Wildman–Crippen LogP) is -0.718. The first-order valence-electron chi connectivity index (χ1n) is 0. The molecule has 0 aliphatic rings. The summed E-state index contributed by atoms with van der Waals surface area (Å²) in [7, 11) is 0. The zero-order valence-electron chi connectivity index (χ0n) is 4.68. The molecule has 0 atom stereocenters. The molecule has 10 heteroatoms. The molecule has 0 amide bonds. The smallest absolute Gasteiger partial charge is 2.00 e. The summed E-state index contributed by atoms with van der Waals surface area (Å²) in [6.07, 6.45) is 0. The zero-order chi connectivity index (χ0) is 0. The first-order valence-corrected chi connectivity index (χ1v) is 0. The van der Waals surface area contributed by atoms with E-state index in [1.54, 1.807) is 0 Å². The zero-order valence-corrected chi connectivity index (χ0v) is 16.2. The van der Waals surface area contributed by atoms with Crippen molar-refractivity contribution in [2.75, 3.05) is 0 Å². The Kier molecular flexibility index (Phi) is 1500. The summed E-state index contributed by atoms with van der Waals surface area (Å²) in [4.78, 5) is 0. The van der Waals surface area contributed by atoms with Crippen molar-refractivity contribution < 1.29 is 168 Å². The van der Waals surface area contributed by atoms with Crippen LogP contribution < -0.4 is 0 Å². The van der Waals surface area contributed by atoms with E-state index in [9.17, 15) is 0 Å². The molecule has 0 aromatic carbocycles. The summed E-state index contributed by atoms with van der Waals surface area (Å²) in [5.41, 5.74) is 0. The largest absolute Gasteiger partial charge is 3.00 e. The second-order valence-electron chi connectivity index (χ2n) is 0. The van der Waals surface area contributed by atoms with E-state index in [4.69, 9.17) is 0 Å². The normalized spacial score (nSPS) is 0. The molecule has 0 aromatic rings. The van der Waals surface area contributed by atoms with E-state index in [2.05, 4.69) is 0 Å². The second-order valence-corrected chi connectivity index (χ2v) is 0. The third-order valence-electron chi connectivity index (χ3n) is 0.